The van der Waals surface area contributed by atoms with E-state index in [0.29, 0.717) is 10.6 Å². The van der Waals surface area contributed by atoms with Gasteiger partial charge in [0.15, 0.2) is 0 Å². The van der Waals surface area contributed by atoms with Crippen molar-refractivity contribution in [2.45, 2.75) is 5.92 Å². The first-order chi connectivity index (χ1) is 7.58. The molecule has 1 aliphatic rings. The predicted octanol–water partition coefficient (Wildman–Crippen LogP) is 0.395. The van der Waals surface area contributed by atoms with Gasteiger partial charge < -0.3 is 5.73 Å². The molecule has 2 amide bonds. The van der Waals surface area contributed by atoms with Crippen LogP contribution in [0.25, 0.3) is 0 Å². The molecule has 82 valence electrons. The molecule has 5 nitrogen and oxygen atoms in total. The van der Waals surface area contributed by atoms with E-state index in [9.17, 15) is 9.59 Å². The zero-order chi connectivity index (χ0) is 11.7. The molecule has 1 heterocycles. The maximum absolute atomic E-state index is 11.6. The Morgan fingerprint density at radius 2 is 1.88 bits per heavy atom. The third-order valence-electron chi connectivity index (χ3n) is 2.19. The van der Waals surface area contributed by atoms with Crippen LogP contribution in [-0.4, -0.2) is 17.8 Å². The minimum absolute atomic E-state index is 0.166. The number of hydrogen-bond acceptors (Lipinski definition) is 3. The predicted molar refractivity (Wildman–Crippen MR) is 59.0 cm³/mol. The summed E-state index contributed by atoms with van der Waals surface area (Å²) in [7, 11) is 0. The summed E-state index contributed by atoms with van der Waals surface area (Å²) in [5, 5.41) is 2.85. The molecule has 0 saturated carbocycles. The van der Waals surface area contributed by atoms with E-state index in [1.54, 1.807) is 24.3 Å². The molecule has 1 aromatic rings. The lowest BCUT2D eigenvalue weighted by Gasteiger charge is -2.18. The van der Waals surface area contributed by atoms with Crippen molar-refractivity contribution in [3.63, 3.8) is 0 Å². The highest BCUT2D eigenvalue weighted by molar-refractivity contribution is 6.30. The summed E-state index contributed by atoms with van der Waals surface area (Å²) in [4.78, 5) is 26.6. The van der Waals surface area contributed by atoms with Crippen molar-refractivity contribution in [1.29, 1.82) is 0 Å². The van der Waals surface area contributed by atoms with Gasteiger partial charge in [0, 0.05) is 5.02 Å². The van der Waals surface area contributed by atoms with Crippen LogP contribution >= 0.6 is 11.6 Å². The maximum atomic E-state index is 11.6. The SMILES string of the molecule is NC1=NC(=O)C(c2ccc(Cl)cc2)C(=O)N1. The molecule has 0 spiro atoms. The van der Waals surface area contributed by atoms with Gasteiger partial charge in [0.2, 0.25) is 11.9 Å². The van der Waals surface area contributed by atoms with Crippen molar-refractivity contribution in [2.24, 2.45) is 10.7 Å². The third kappa shape index (κ3) is 1.90. The number of nitrogens with one attached hydrogen (secondary N) is 1. The Bertz CT molecular complexity index is 481. The number of nitrogens with two attached hydrogens (primary N) is 1. The van der Waals surface area contributed by atoms with Crippen LogP contribution in [0.4, 0.5) is 0 Å². The number of guanidine groups is 1. The van der Waals surface area contributed by atoms with E-state index in [1.165, 1.54) is 0 Å². The highest BCUT2D eigenvalue weighted by Crippen LogP contribution is 2.21. The second-order valence-corrected chi connectivity index (χ2v) is 3.75. The number of carbonyl (C=O) groups excluding carboxylic acids is 2. The second kappa shape index (κ2) is 3.94. The van der Waals surface area contributed by atoms with Crippen molar-refractivity contribution in [1.82, 2.24) is 5.32 Å². The molecule has 1 aliphatic heterocycles. The van der Waals surface area contributed by atoms with Gasteiger partial charge in [0.05, 0.1) is 0 Å². The minimum atomic E-state index is -0.940. The van der Waals surface area contributed by atoms with Crippen molar-refractivity contribution in [2.75, 3.05) is 0 Å². The average Bonchev–Trinajstić information content (AvgIpc) is 2.19. The van der Waals surface area contributed by atoms with Crippen molar-refractivity contribution in [3.05, 3.63) is 34.9 Å². The van der Waals surface area contributed by atoms with Gasteiger partial charge in [-0.2, -0.15) is 4.99 Å². The molecule has 2 rings (SSSR count). The summed E-state index contributed by atoms with van der Waals surface area (Å²) in [5.41, 5.74) is 5.80. The lowest BCUT2D eigenvalue weighted by molar-refractivity contribution is -0.129. The second-order valence-electron chi connectivity index (χ2n) is 3.31. The summed E-state index contributed by atoms with van der Waals surface area (Å²) in [5.74, 6) is -2.15. The molecular formula is C10H8ClN3O2. The molecule has 0 bridgehead atoms. The van der Waals surface area contributed by atoms with E-state index in [0.717, 1.165) is 0 Å². The molecule has 0 saturated heterocycles. The molecule has 0 radical (unpaired) electrons. The molecule has 6 heteroatoms. The fourth-order valence-corrected chi connectivity index (χ4v) is 1.60. The van der Waals surface area contributed by atoms with Crippen LogP contribution in [0.3, 0.4) is 0 Å². The fraction of sp³-hybridized carbons (Fsp3) is 0.100. The van der Waals surface area contributed by atoms with Crippen molar-refractivity contribution < 1.29 is 9.59 Å². The molecule has 0 fully saturated rings. The minimum Gasteiger partial charge on any atom is -0.369 e. The van der Waals surface area contributed by atoms with Crippen LogP contribution < -0.4 is 11.1 Å². The Morgan fingerprint density at radius 1 is 1.25 bits per heavy atom. The molecule has 1 unspecified atom stereocenters. The Morgan fingerprint density at radius 3 is 2.44 bits per heavy atom. The largest absolute Gasteiger partial charge is 0.369 e. The van der Waals surface area contributed by atoms with Crippen LogP contribution in [-0.2, 0) is 9.59 Å². The van der Waals surface area contributed by atoms with Gasteiger partial charge >= 0.3 is 0 Å². The van der Waals surface area contributed by atoms with Crippen LogP contribution in [0.5, 0.6) is 0 Å². The van der Waals surface area contributed by atoms with Crippen LogP contribution in [0.15, 0.2) is 29.3 Å². The van der Waals surface area contributed by atoms with Gasteiger partial charge in [-0.3, -0.25) is 14.9 Å². The first kappa shape index (κ1) is 10.6. The molecular weight excluding hydrogens is 230 g/mol. The van der Waals surface area contributed by atoms with Crippen molar-refractivity contribution >= 4 is 29.4 Å². The first-order valence-corrected chi connectivity index (χ1v) is 4.90. The highest BCUT2D eigenvalue weighted by Gasteiger charge is 2.32. The van der Waals surface area contributed by atoms with E-state index < -0.39 is 17.7 Å². The summed E-state index contributed by atoms with van der Waals surface area (Å²) >= 11 is 5.71. The number of hydrogen-bond donors (Lipinski definition) is 2. The van der Waals surface area contributed by atoms with Crippen molar-refractivity contribution in [3.8, 4) is 0 Å². The van der Waals surface area contributed by atoms with Gasteiger partial charge in [0.25, 0.3) is 5.91 Å². The molecule has 0 aliphatic carbocycles. The smallest absolute Gasteiger partial charge is 0.265 e. The van der Waals surface area contributed by atoms with E-state index in [4.69, 9.17) is 17.3 Å². The Balaban J connectivity index is 2.37. The average molecular weight is 238 g/mol. The summed E-state index contributed by atoms with van der Waals surface area (Å²) in [6.45, 7) is 0. The monoisotopic (exact) mass is 237 g/mol. The third-order valence-corrected chi connectivity index (χ3v) is 2.45. The van der Waals surface area contributed by atoms with E-state index in [-0.39, 0.29) is 5.96 Å². The fourth-order valence-electron chi connectivity index (χ4n) is 1.47. The van der Waals surface area contributed by atoms with E-state index >= 15 is 0 Å². The zero-order valence-electron chi connectivity index (χ0n) is 8.11. The molecule has 1 atom stereocenters. The number of benzene rings is 1. The van der Waals surface area contributed by atoms with E-state index in [1.807, 2.05) is 0 Å². The topological polar surface area (TPSA) is 84.5 Å². The van der Waals surface area contributed by atoms with Gasteiger partial charge in [-0.15, -0.1) is 0 Å². The normalized spacial score (nSPS) is 20.3. The van der Waals surface area contributed by atoms with Gasteiger partial charge in [0.1, 0.15) is 5.92 Å². The van der Waals surface area contributed by atoms with Gasteiger partial charge in [-0.05, 0) is 17.7 Å². The standard InChI is InChI=1S/C10H8ClN3O2/c11-6-3-1-5(2-4-6)7-8(15)13-10(12)14-9(7)16/h1-4,7H,(H3,12,13,14,15,16). The number of amides is 2. The summed E-state index contributed by atoms with van der Waals surface area (Å²) in [6.07, 6.45) is 0. The number of rotatable bonds is 1. The molecule has 16 heavy (non-hydrogen) atoms. The van der Waals surface area contributed by atoms with Gasteiger partial charge in [-0.25, -0.2) is 0 Å². The molecule has 3 N–H and O–H groups in total. The number of aliphatic imine (C=N–C) groups is 1. The number of halogens is 1. The van der Waals surface area contributed by atoms with Gasteiger partial charge in [-0.1, -0.05) is 23.7 Å². The van der Waals surface area contributed by atoms with Crippen LogP contribution in [0.1, 0.15) is 11.5 Å². The maximum Gasteiger partial charge on any atom is 0.265 e. The quantitative estimate of drug-likeness (QED) is 0.693. The summed E-state index contributed by atoms with van der Waals surface area (Å²) < 4.78 is 0. The lowest BCUT2D eigenvalue weighted by Crippen LogP contribution is -2.46. The number of nitrogens with zero attached hydrogens (tertiary/aromatic N) is 1. The summed E-state index contributed by atoms with van der Waals surface area (Å²) in [6, 6.07) is 6.45. The van der Waals surface area contributed by atoms with E-state index in [2.05, 4.69) is 10.3 Å². The lowest BCUT2D eigenvalue weighted by atomic mass is 9.97. The molecule has 0 aromatic heterocycles. The highest BCUT2D eigenvalue weighted by atomic mass is 35.5. The first-order valence-electron chi connectivity index (χ1n) is 4.52. The molecule has 1 aromatic carbocycles. The van der Waals surface area contributed by atoms with Crippen LogP contribution in [0, 0.1) is 0 Å². The Kier molecular flexibility index (Phi) is 2.62. The van der Waals surface area contributed by atoms with Crippen LogP contribution in [0.2, 0.25) is 5.02 Å². The Labute approximate surface area is 96.3 Å². The Hall–Kier alpha value is -1.88. The number of carbonyl (C=O) groups is 2. The zero-order valence-corrected chi connectivity index (χ0v) is 8.86.